The molecule has 0 aliphatic rings. The van der Waals surface area contributed by atoms with Crippen molar-refractivity contribution in [3.05, 3.63) is 93.4 Å². The summed E-state index contributed by atoms with van der Waals surface area (Å²) < 4.78 is 1.52. The Morgan fingerprint density at radius 3 is 2.38 bits per heavy atom. The normalized spacial score (nSPS) is 11.7. The van der Waals surface area contributed by atoms with E-state index in [2.05, 4.69) is 86.2 Å². The molecular formula is C27H32N4O. The highest BCUT2D eigenvalue weighted by Crippen LogP contribution is 2.20. The highest BCUT2D eigenvalue weighted by Gasteiger charge is 2.12. The van der Waals surface area contributed by atoms with Crippen molar-refractivity contribution in [3.63, 3.8) is 0 Å². The van der Waals surface area contributed by atoms with Crippen molar-refractivity contribution in [1.29, 1.82) is 0 Å². The lowest BCUT2D eigenvalue weighted by atomic mass is 10.0. The zero-order valence-corrected chi connectivity index (χ0v) is 19.4. The minimum absolute atomic E-state index is 0.0823. The number of aromatic amines is 1. The van der Waals surface area contributed by atoms with Gasteiger partial charge in [0.05, 0.1) is 11.4 Å². The maximum atomic E-state index is 12.8. The summed E-state index contributed by atoms with van der Waals surface area (Å²) in [5, 5.41) is 3.19. The molecule has 166 valence electrons. The molecule has 0 saturated heterocycles. The zero-order chi connectivity index (χ0) is 22.7. The van der Waals surface area contributed by atoms with E-state index in [1.807, 2.05) is 6.07 Å². The number of benzene rings is 2. The van der Waals surface area contributed by atoms with Gasteiger partial charge in [-0.2, -0.15) is 0 Å². The third-order valence-corrected chi connectivity index (χ3v) is 5.84. The number of fused-ring (bicyclic) bond motifs is 1. The Hall–Kier alpha value is -3.18. The van der Waals surface area contributed by atoms with Crippen LogP contribution in [0.25, 0.3) is 16.9 Å². The van der Waals surface area contributed by atoms with E-state index in [0.29, 0.717) is 18.1 Å². The van der Waals surface area contributed by atoms with Crippen LogP contribution in [-0.2, 0) is 13.1 Å². The van der Waals surface area contributed by atoms with Gasteiger partial charge in [-0.1, -0.05) is 74.9 Å². The summed E-state index contributed by atoms with van der Waals surface area (Å²) in [5.74, 6) is 0.533. The first-order valence-corrected chi connectivity index (χ1v) is 11.4. The van der Waals surface area contributed by atoms with Crippen molar-refractivity contribution < 1.29 is 0 Å². The van der Waals surface area contributed by atoms with E-state index in [9.17, 15) is 4.79 Å². The first-order chi connectivity index (χ1) is 15.4. The van der Waals surface area contributed by atoms with Crippen LogP contribution in [0.1, 0.15) is 55.5 Å². The van der Waals surface area contributed by atoms with Crippen LogP contribution in [0.3, 0.4) is 0 Å². The predicted octanol–water partition coefficient (Wildman–Crippen LogP) is 5.53. The van der Waals surface area contributed by atoms with Gasteiger partial charge in [-0.05, 0) is 42.5 Å². The lowest BCUT2D eigenvalue weighted by molar-refractivity contribution is 0.254. The van der Waals surface area contributed by atoms with Crippen molar-refractivity contribution in [3.8, 4) is 11.3 Å². The van der Waals surface area contributed by atoms with Crippen molar-refractivity contribution in [2.45, 2.75) is 53.1 Å². The molecule has 5 heteroatoms. The van der Waals surface area contributed by atoms with Crippen molar-refractivity contribution in [1.82, 2.24) is 19.5 Å². The van der Waals surface area contributed by atoms with Crippen LogP contribution in [0.4, 0.5) is 0 Å². The molecule has 0 radical (unpaired) electrons. The van der Waals surface area contributed by atoms with Gasteiger partial charge in [0.15, 0.2) is 5.65 Å². The lowest BCUT2D eigenvalue weighted by Crippen LogP contribution is -2.26. The number of rotatable bonds is 8. The fraction of sp³-hybridized carbons (Fsp3) is 0.333. The zero-order valence-electron chi connectivity index (χ0n) is 19.4. The monoisotopic (exact) mass is 428 g/mol. The van der Waals surface area contributed by atoms with E-state index in [0.717, 1.165) is 36.5 Å². The molecule has 1 N–H and O–H groups in total. The van der Waals surface area contributed by atoms with Gasteiger partial charge in [0.25, 0.3) is 5.56 Å². The van der Waals surface area contributed by atoms with Crippen molar-refractivity contribution in [2.24, 2.45) is 0 Å². The molecule has 0 aliphatic carbocycles. The smallest absolute Gasteiger partial charge is 0.272 e. The van der Waals surface area contributed by atoms with Crippen LogP contribution in [0, 0.1) is 6.92 Å². The highest BCUT2D eigenvalue weighted by molar-refractivity contribution is 5.64. The minimum Gasteiger partial charge on any atom is -0.293 e. The molecule has 2 heterocycles. The largest absolute Gasteiger partial charge is 0.293 e. The molecular weight excluding hydrogens is 396 g/mol. The molecule has 4 aromatic rings. The van der Waals surface area contributed by atoms with Gasteiger partial charge in [-0.15, -0.1) is 0 Å². The average Bonchev–Trinajstić information content (AvgIpc) is 3.19. The summed E-state index contributed by atoms with van der Waals surface area (Å²) in [4.78, 5) is 19.9. The van der Waals surface area contributed by atoms with Gasteiger partial charge in [-0.25, -0.2) is 9.50 Å². The molecule has 0 atom stereocenters. The molecule has 0 spiro atoms. The molecule has 5 nitrogen and oxygen atoms in total. The fourth-order valence-corrected chi connectivity index (χ4v) is 4.03. The van der Waals surface area contributed by atoms with Gasteiger partial charge in [-0.3, -0.25) is 14.8 Å². The number of nitrogens with one attached hydrogen (secondary N) is 1. The third-order valence-electron chi connectivity index (χ3n) is 5.84. The SMILES string of the molecule is CCCN(Cc1ccc(C(C)C)cc1)Cc1cc(=O)n2[nH]c(-c3ccc(C)cc3)cc2n1. The van der Waals surface area contributed by atoms with Crippen LogP contribution in [0.2, 0.25) is 0 Å². The predicted molar refractivity (Wildman–Crippen MR) is 131 cm³/mol. The van der Waals surface area contributed by atoms with Gasteiger partial charge >= 0.3 is 0 Å². The minimum atomic E-state index is -0.0823. The quantitative estimate of drug-likeness (QED) is 0.401. The maximum absolute atomic E-state index is 12.8. The van der Waals surface area contributed by atoms with E-state index in [4.69, 9.17) is 4.98 Å². The topological polar surface area (TPSA) is 53.4 Å². The van der Waals surface area contributed by atoms with Crippen LogP contribution < -0.4 is 5.56 Å². The Morgan fingerprint density at radius 2 is 1.72 bits per heavy atom. The van der Waals surface area contributed by atoms with Gasteiger partial charge in [0, 0.05) is 25.2 Å². The maximum Gasteiger partial charge on any atom is 0.272 e. The number of nitrogens with zero attached hydrogens (tertiary/aromatic N) is 3. The molecule has 32 heavy (non-hydrogen) atoms. The Labute approximate surface area is 189 Å². The van der Waals surface area contributed by atoms with E-state index < -0.39 is 0 Å². The first kappa shape index (κ1) is 22.0. The molecule has 2 aromatic carbocycles. The molecule has 0 aliphatic heterocycles. The second-order valence-electron chi connectivity index (χ2n) is 8.92. The standard InChI is InChI=1S/C27H32N4O/c1-5-14-30(17-21-8-12-22(13-9-21)19(2)3)18-24-15-27(32)31-26(28-24)16-25(29-31)23-10-6-20(4)7-11-23/h6-13,15-16,19,29H,5,14,17-18H2,1-4H3. The van der Waals surface area contributed by atoms with Crippen LogP contribution >= 0.6 is 0 Å². The van der Waals surface area contributed by atoms with Crippen LogP contribution in [0.15, 0.2) is 65.5 Å². The number of aryl methyl sites for hydroxylation is 1. The second-order valence-corrected chi connectivity index (χ2v) is 8.92. The number of hydrogen-bond acceptors (Lipinski definition) is 3. The third kappa shape index (κ3) is 5.00. The van der Waals surface area contributed by atoms with E-state index in [-0.39, 0.29) is 5.56 Å². The number of H-pyrrole nitrogens is 1. The summed E-state index contributed by atoms with van der Waals surface area (Å²) in [7, 11) is 0. The van der Waals surface area contributed by atoms with E-state index >= 15 is 0 Å². The number of hydrogen-bond donors (Lipinski definition) is 1. The molecule has 4 rings (SSSR count). The molecule has 0 unspecified atom stereocenters. The molecule has 2 aromatic heterocycles. The van der Waals surface area contributed by atoms with Gasteiger partial charge in [0.1, 0.15) is 0 Å². The molecule has 0 saturated carbocycles. The van der Waals surface area contributed by atoms with Crippen molar-refractivity contribution in [2.75, 3.05) is 6.54 Å². The highest BCUT2D eigenvalue weighted by atomic mass is 16.1. The summed E-state index contributed by atoms with van der Waals surface area (Å²) >= 11 is 0. The Balaban J connectivity index is 1.56. The van der Waals surface area contributed by atoms with Crippen LogP contribution in [-0.4, -0.2) is 26.0 Å². The Kier molecular flexibility index (Phi) is 6.56. The molecule has 0 amide bonds. The average molecular weight is 429 g/mol. The van der Waals surface area contributed by atoms with Gasteiger partial charge < -0.3 is 0 Å². The lowest BCUT2D eigenvalue weighted by Gasteiger charge is -2.21. The Bertz CT molecular complexity index is 1230. The summed E-state index contributed by atoms with van der Waals surface area (Å²) in [6, 6.07) is 20.7. The van der Waals surface area contributed by atoms with Crippen LogP contribution in [0.5, 0.6) is 0 Å². The summed E-state index contributed by atoms with van der Waals surface area (Å²) in [6.45, 7) is 11.1. The summed E-state index contributed by atoms with van der Waals surface area (Å²) in [6.07, 6.45) is 1.05. The van der Waals surface area contributed by atoms with Gasteiger partial charge in [0.2, 0.25) is 0 Å². The number of aromatic nitrogens is 3. The summed E-state index contributed by atoms with van der Waals surface area (Å²) in [5.41, 5.74) is 7.15. The van der Waals surface area contributed by atoms with E-state index in [1.54, 1.807) is 6.07 Å². The second kappa shape index (κ2) is 9.53. The van der Waals surface area contributed by atoms with Crippen molar-refractivity contribution >= 4 is 5.65 Å². The molecule has 0 fully saturated rings. The first-order valence-electron chi connectivity index (χ1n) is 11.4. The van der Waals surface area contributed by atoms with E-state index in [1.165, 1.54) is 21.2 Å². The fourth-order valence-electron chi connectivity index (χ4n) is 4.03. The molecule has 0 bridgehead atoms. The Morgan fingerprint density at radius 1 is 1.00 bits per heavy atom.